The molecular weight excluding hydrogens is 692 g/mol. The maximum absolute atomic E-state index is 15.2. The number of carboxylic acid groups (broad SMARTS) is 1. The van der Waals surface area contributed by atoms with Crippen LogP contribution in [0.2, 0.25) is 0 Å². The van der Waals surface area contributed by atoms with Crippen molar-refractivity contribution in [3.05, 3.63) is 60.2 Å². The summed E-state index contributed by atoms with van der Waals surface area (Å²) in [6.45, 7) is 7.20. The molecule has 4 bridgehead atoms. The Morgan fingerprint density at radius 2 is 1.48 bits per heavy atom. The second kappa shape index (κ2) is 15.0. The fourth-order valence-electron chi connectivity index (χ4n) is 9.64. The van der Waals surface area contributed by atoms with Gasteiger partial charge in [0.1, 0.15) is 11.6 Å². The molecule has 0 radical (unpaired) electrons. The zero-order valence-electron chi connectivity index (χ0n) is 31.2. The molecule has 288 valence electrons. The number of nitrogens with one attached hydrogen (secondary N) is 3. The standard InChI is InChI=1S/C40H50N6O8/c1-22(2)14-30(33(49)40-19-24-15-25(20-40)17-26(16-24)32(40)35(51)44-34(50)29(41)18-31(47)48)46-36(52)39(3,4)45(38(46)54)21-23-10-12-28(13-11-23)43-37(53)42-27-8-6-5-7-9-27/h5-13,22,24-26,29-30,32H,14-21,41H2,1-4H3,(H,47,48)(H2,42,43,53)(H,44,50,51)/t24?,25?,26?,29-,30-,32?,40?/m0/s1. The van der Waals surface area contributed by atoms with Gasteiger partial charge < -0.3 is 26.4 Å². The molecule has 0 aromatic heterocycles. The summed E-state index contributed by atoms with van der Waals surface area (Å²) in [5, 5.41) is 17.0. The van der Waals surface area contributed by atoms with Crippen LogP contribution >= 0.6 is 0 Å². The van der Waals surface area contributed by atoms with Gasteiger partial charge in [-0.25, -0.2) is 9.59 Å². The van der Waals surface area contributed by atoms with Gasteiger partial charge in [0, 0.05) is 23.3 Å². The van der Waals surface area contributed by atoms with Crippen LogP contribution < -0.4 is 21.7 Å². The maximum Gasteiger partial charge on any atom is 0.328 e. The highest BCUT2D eigenvalue weighted by molar-refractivity contribution is 6.11. The topological polar surface area (TPSA) is 208 Å². The lowest BCUT2D eigenvalue weighted by Crippen LogP contribution is -2.65. The lowest BCUT2D eigenvalue weighted by molar-refractivity contribution is -0.172. The van der Waals surface area contributed by atoms with Gasteiger partial charge in [-0.2, -0.15) is 0 Å². The van der Waals surface area contributed by atoms with Crippen LogP contribution in [0.15, 0.2) is 54.6 Å². The minimum Gasteiger partial charge on any atom is -0.481 e. The van der Waals surface area contributed by atoms with Gasteiger partial charge in [-0.1, -0.05) is 44.2 Å². The Bertz CT molecular complexity index is 1810. The molecule has 0 spiro atoms. The van der Waals surface area contributed by atoms with Gasteiger partial charge in [0.15, 0.2) is 5.78 Å². The van der Waals surface area contributed by atoms with Crippen molar-refractivity contribution >= 4 is 52.9 Å². The third kappa shape index (κ3) is 7.48. The number of carbonyl (C=O) groups excluding carboxylic acids is 6. The minimum atomic E-state index is -1.44. The summed E-state index contributed by atoms with van der Waals surface area (Å²) in [6.07, 6.45) is 2.75. The molecule has 7 rings (SSSR count). The van der Waals surface area contributed by atoms with E-state index in [4.69, 9.17) is 10.8 Å². The van der Waals surface area contributed by atoms with E-state index in [-0.39, 0.29) is 42.4 Å². The van der Waals surface area contributed by atoms with E-state index in [1.54, 1.807) is 50.2 Å². The highest BCUT2D eigenvalue weighted by Crippen LogP contribution is 2.64. The van der Waals surface area contributed by atoms with Crippen LogP contribution in [0.4, 0.5) is 21.0 Å². The molecular formula is C40H50N6O8. The molecule has 1 aliphatic heterocycles. The van der Waals surface area contributed by atoms with Crippen LogP contribution in [-0.2, 0) is 30.5 Å². The van der Waals surface area contributed by atoms with Gasteiger partial charge in [-0.05, 0) is 106 Å². The number of anilines is 2. The van der Waals surface area contributed by atoms with Gasteiger partial charge in [-0.15, -0.1) is 0 Å². The number of urea groups is 2. The number of hydrogen-bond donors (Lipinski definition) is 5. The third-order valence-electron chi connectivity index (χ3n) is 11.8. The molecule has 14 heteroatoms. The third-order valence-corrected chi connectivity index (χ3v) is 11.8. The minimum absolute atomic E-state index is 0.0638. The Hall–Kier alpha value is -5.11. The fourth-order valence-corrected chi connectivity index (χ4v) is 9.64. The average molecular weight is 743 g/mol. The number of ketones is 1. The first-order valence-corrected chi connectivity index (χ1v) is 18.7. The molecule has 7 amide bonds. The van der Waals surface area contributed by atoms with Crippen LogP contribution in [0.3, 0.4) is 0 Å². The number of rotatable bonds is 13. The molecule has 5 fully saturated rings. The van der Waals surface area contributed by atoms with Crippen LogP contribution in [0.25, 0.3) is 0 Å². The Morgan fingerprint density at radius 1 is 0.889 bits per heavy atom. The van der Waals surface area contributed by atoms with Gasteiger partial charge in [0.25, 0.3) is 5.91 Å². The van der Waals surface area contributed by atoms with Crippen molar-refractivity contribution in [3.8, 4) is 0 Å². The summed E-state index contributed by atoms with van der Waals surface area (Å²) < 4.78 is 0. The van der Waals surface area contributed by atoms with E-state index in [9.17, 15) is 28.8 Å². The molecule has 4 aliphatic carbocycles. The van der Waals surface area contributed by atoms with E-state index in [1.807, 2.05) is 32.0 Å². The number of hydrogen-bond acceptors (Lipinski definition) is 8. The number of imide groups is 2. The summed E-state index contributed by atoms with van der Waals surface area (Å²) in [5.41, 5.74) is 5.14. The molecule has 6 N–H and O–H groups in total. The smallest absolute Gasteiger partial charge is 0.328 e. The van der Waals surface area contributed by atoms with Crippen LogP contribution in [0.1, 0.15) is 78.2 Å². The van der Waals surface area contributed by atoms with Crippen molar-refractivity contribution in [2.24, 2.45) is 40.7 Å². The summed E-state index contributed by atoms with van der Waals surface area (Å²) in [6, 6.07) is 12.3. The molecule has 14 nitrogen and oxygen atoms in total. The maximum atomic E-state index is 15.2. The van der Waals surface area contributed by atoms with Gasteiger partial charge in [-0.3, -0.25) is 34.2 Å². The summed E-state index contributed by atoms with van der Waals surface area (Å²) in [5.74, 6) is -4.46. The first-order valence-electron chi connectivity index (χ1n) is 18.7. The quantitative estimate of drug-likeness (QED) is 0.179. The second-order valence-electron chi connectivity index (χ2n) is 16.6. The zero-order chi connectivity index (χ0) is 39.1. The number of aliphatic carboxylic acids is 1. The zero-order valence-corrected chi connectivity index (χ0v) is 31.2. The number of nitrogens with zero attached hydrogens (tertiary/aromatic N) is 2. The first-order chi connectivity index (χ1) is 25.5. The van der Waals surface area contributed by atoms with Crippen molar-refractivity contribution in [2.45, 2.75) is 96.8 Å². The van der Waals surface area contributed by atoms with Crippen molar-refractivity contribution in [1.82, 2.24) is 15.1 Å². The van der Waals surface area contributed by atoms with E-state index >= 15 is 4.79 Å². The molecule has 4 saturated carbocycles. The number of nitrogens with two attached hydrogens (primary N) is 1. The van der Waals surface area contributed by atoms with Gasteiger partial charge in [0.2, 0.25) is 11.8 Å². The lowest BCUT2D eigenvalue weighted by atomic mass is 9.43. The Morgan fingerprint density at radius 3 is 2.06 bits per heavy atom. The van der Waals surface area contributed by atoms with E-state index < -0.39 is 71.1 Å². The normalized spacial score (nSPS) is 26.4. The van der Waals surface area contributed by atoms with E-state index in [1.165, 1.54) is 4.90 Å². The predicted molar refractivity (Wildman–Crippen MR) is 198 cm³/mol. The molecule has 1 heterocycles. The van der Waals surface area contributed by atoms with Gasteiger partial charge >= 0.3 is 18.0 Å². The van der Waals surface area contributed by atoms with Crippen molar-refractivity contribution in [2.75, 3.05) is 10.6 Å². The lowest BCUT2D eigenvalue weighted by Gasteiger charge is -2.60. The SMILES string of the molecule is CC(C)C[C@@H](C(=O)C12CC3CC(CC(C3)C1C(=O)NC(=O)[C@@H](N)CC(=O)O)C2)N1C(=O)N(Cc2ccc(NC(=O)Nc3ccccc3)cc2)C(C)(C)C1=O. The summed E-state index contributed by atoms with van der Waals surface area (Å²) in [7, 11) is 0. The first kappa shape index (κ1) is 38.6. The summed E-state index contributed by atoms with van der Waals surface area (Å²) in [4.78, 5) is 97.0. The highest BCUT2D eigenvalue weighted by atomic mass is 16.4. The van der Waals surface area contributed by atoms with Gasteiger partial charge in [0.05, 0.1) is 18.4 Å². The largest absolute Gasteiger partial charge is 0.481 e. The van der Waals surface area contributed by atoms with E-state index in [0.29, 0.717) is 29.8 Å². The Balaban J connectivity index is 1.23. The molecule has 54 heavy (non-hydrogen) atoms. The monoisotopic (exact) mass is 742 g/mol. The summed E-state index contributed by atoms with van der Waals surface area (Å²) >= 11 is 0. The number of benzene rings is 2. The Kier molecular flexibility index (Phi) is 10.7. The number of para-hydroxylation sites is 1. The molecule has 1 saturated heterocycles. The van der Waals surface area contributed by atoms with Crippen LogP contribution in [-0.4, -0.2) is 74.1 Å². The van der Waals surface area contributed by atoms with Crippen molar-refractivity contribution < 1.29 is 38.7 Å². The number of carboxylic acids is 1. The van der Waals surface area contributed by atoms with Crippen molar-refractivity contribution in [1.29, 1.82) is 0 Å². The number of carbonyl (C=O) groups is 7. The van der Waals surface area contributed by atoms with E-state index in [0.717, 1.165) is 24.2 Å². The fraction of sp³-hybridized carbons (Fsp3) is 0.525. The van der Waals surface area contributed by atoms with Crippen LogP contribution in [0, 0.1) is 35.0 Å². The van der Waals surface area contributed by atoms with Crippen LogP contribution in [0.5, 0.6) is 0 Å². The predicted octanol–water partition coefficient (Wildman–Crippen LogP) is 4.74. The Labute approximate surface area is 314 Å². The second-order valence-corrected chi connectivity index (χ2v) is 16.6. The molecule has 2 aromatic rings. The molecule has 5 atom stereocenters. The van der Waals surface area contributed by atoms with E-state index in [2.05, 4.69) is 16.0 Å². The highest BCUT2D eigenvalue weighted by Gasteiger charge is 2.65. The average Bonchev–Trinajstić information content (AvgIpc) is 3.25. The number of amides is 7. The molecule has 2 aromatic carbocycles. The molecule has 3 unspecified atom stereocenters. The number of Topliss-reactive ketones (excluding diaryl/α,β-unsaturated/α-hetero) is 1. The van der Waals surface area contributed by atoms with Crippen molar-refractivity contribution in [3.63, 3.8) is 0 Å². The molecule has 5 aliphatic rings.